The third-order valence-electron chi connectivity index (χ3n) is 2.86. The molecule has 0 bridgehead atoms. The predicted octanol–water partition coefficient (Wildman–Crippen LogP) is 4.51. The van der Waals surface area contributed by atoms with Gasteiger partial charge in [-0.05, 0) is 56.8 Å². The molecule has 0 aromatic carbocycles. The van der Waals surface area contributed by atoms with E-state index in [2.05, 4.69) is 26.1 Å². The average Bonchev–Trinajstić information content (AvgIpc) is 2.23. The van der Waals surface area contributed by atoms with E-state index >= 15 is 0 Å². The van der Waals surface area contributed by atoms with Gasteiger partial charge in [-0.1, -0.05) is 20.8 Å². The first-order valence-corrected chi connectivity index (χ1v) is 8.24. The number of hydrogen-bond donors (Lipinski definition) is 1. The molecule has 0 unspecified atom stereocenters. The van der Waals surface area contributed by atoms with E-state index in [1.54, 1.807) is 0 Å². The first-order chi connectivity index (χ1) is 8.58. The zero-order valence-corrected chi connectivity index (χ0v) is 14.2. The maximum atomic E-state index is 12.4. The minimum absolute atomic E-state index is 0.142. The number of carbonyl (C=O) groups is 1. The van der Waals surface area contributed by atoms with Gasteiger partial charge >= 0.3 is 0 Å². The van der Waals surface area contributed by atoms with Crippen LogP contribution in [0.2, 0.25) is 0 Å². The fraction of sp³-hybridized carbons (Fsp3) is 0.812. The average molecular weight is 283 g/mol. The van der Waals surface area contributed by atoms with Gasteiger partial charge in [-0.15, -0.1) is 11.8 Å². The molecule has 0 aliphatic heterocycles. The molecular formula is C16H29NOS. The number of nitrogens with one attached hydrogen (secondary N) is 1. The van der Waals surface area contributed by atoms with Crippen LogP contribution in [-0.4, -0.2) is 17.2 Å². The van der Waals surface area contributed by atoms with E-state index in [1.807, 2.05) is 32.5 Å². The molecule has 1 aliphatic rings. The van der Waals surface area contributed by atoms with Crippen molar-refractivity contribution in [2.45, 2.75) is 72.8 Å². The Hall–Kier alpha value is -0.440. The summed E-state index contributed by atoms with van der Waals surface area (Å²) in [6.45, 7) is 12.9. The molecule has 2 nitrogen and oxygen atoms in total. The van der Waals surface area contributed by atoms with Crippen LogP contribution in [0, 0.1) is 5.41 Å². The molecule has 1 N–H and O–H groups in total. The molecule has 0 aromatic rings. The van der Waals surface area contributed by atoms with Gasteiger partial charge in [-0.25, -0.2) is 0 Å². The topological polar surface area (TPSA) is 29.1 Å². The number of carbonyl (C=O) groups excluding carboxylic acids is 1. The molecule has 0 spiro atoms. The van der Waals surface area contributed by atoms with Gasteiger partial charge in [0, 0.05) is 16.9 Å². The van der Waals surface area contributed by atoms with Gasteiger partial charge < -0.3 is 5.32 Å². The van der Waals surface area contributed by atoms with Crippen molar-refractivity contribution in [1.29, 1.82) is 0 Å². The predicted molar refractivity (Wildman–Crippen MR) is 85.3 cm³/mol. The second-order valence-corrected chi connectivity index (χ2v) is 8.73. The zero-order chi connectivity index (χ0) is 14.7. The third kappa shape index (κ3) is 6.51. The number of rotatable bonds is 3. The van der Waals surface area contributed by atoms with E-state index < -0.39 is 0 Å². The molecule has 0 radical (unpaired) electrons. The first-order valence-electron chi connectivity index (χ1n) is 7.26. The summed E-state index contributed by atoms with van der Waals surface area (Å²) in [6.07, 6.45) is 4.38. The van der Waals surface area contributed by atoms with E-state index in [0.29, 0.717) is 5.41 Å². The van der Waals surface area contributed by atoms with Crippen LogP contribution in [0.3, 0.4) is 0 Å². The minimum atomic E-state index is -0.151. The second kappa shape index (κ2) is 6.34. The smallest absolute Gasteiger partial charge is 0.248 e. The Morgan fingerprint density at radius 2 is 1.68 bits per heavy atom. The summed E-state index contributed by atoms with van der Waals surface area (Å²) in [5.41, 5.74) is 1.19. The second-order valence-electron chi connectivity index (χ2n) is 7.66. The molecule has 1 aliphatic carbocycles. The van der Waals surface area contributed by atoms with Gasteiger partial charge in [0.15, 0.2) is 0 Å². The molecular weight excluding hydrogens is 254 g/mol. The van der Waals surface area contributed by atoms with Crippen LogP contribution in [0.15, 0.2) is 10.5 Å². The number of amides is 1. The van der Waals surface area contributed by atoms with Gasteiger partial charge in [0.25, 0.3) is 0 Å². The molecule has 1 amide bonds. The summed E-state index contributed by atoms with van der Waals surface area (Å²) in [5, 5.41) is 3.11. The van der Waals surface area contributed by atoms with Crippen LogP contribution < -0.4 is 5.32 Å². The Labute approximate surface area is 122 Å². The molecule has 3 heteroatoms. The van der Waals surface area contributed by atoms with Crippen LogP contribution in [-0.2, 0) is 4.79 Å². The summed E-state index contributed by atoms with van der Waals surface area (Å²) in [6, 6.07) is 0. The lowest BCUT2D eigenvalue weighted by Gasteiger charge is -2.26. The van der Waals surface area contributed by atoms with E-state index in [9.17, 15) is 4.79 Å². The Balaban J connectivity index is 2.78. The summed E-state index contributed by atoms with van der Waals surface area (Å²) in [7, 11) is 0. The summed E-state index contributed by atoms with van der Waals surface area (Å²) in [5.74, 6) is 1.22. The van der Waals surface area contributed by atoms with Crippen LogP contribution in [0.1, 0.15) is 67.2 Å². The van der Waals surface area contributed by atoms with Crippen molar-refractivity contribution < 1.29 is 4.79 Å². The van der Waals surface area contributed by atoms with Crippen molar-refractivity contribution in [3.05, 3.63) is 10.5 Å². The van der Waals surface area contributed by atoms with Gasteiger partial charge in [0.2, 0.25) is 5.91 Å². The highest BCUT2D eigenvalue weighted by molar-refractivity contribution is 8.03. The Morgan fingerprint density at radius 3 is 2.21 bits per heavy atom. The van der Waals surface area contributed by atoms with Crippen LogP contribution in [0.4, 0.5) is 0 Å². The van der Waals surface area contributed by atoms with Gasteiger partial charge in [-0.2, -0.15) is 0 Å². The number of thioether (sulfide) groups is 1. The molecule has 19 heavy (non-hydrogen) atoms. The lowest BCUT2D eigenvalue weighted by Crippen LogP contribution is -2.41. The number of allylic oxidation sites excluding steroid dienone is 1. The lowest BCUT2D eigenvalue weighted by molar-refractivity contribution is -0.119. The van der Waals surface area contributed by atoms with Crippen LogP contribution >= 0.6 is 11.8 Å². The first kappa shape index (κ1) is 16.6. The Morgan fingerprint density at radius 1 is 1.11 bits per heavy atom. The van der Waals surface area contributed by atoms with E-state index in [4.69, 9.17) is 0 Å². The molecule has 0 aromatic heterocycles. The highest BCUT2D eigenvalue weighted by atomic mass is 32.2. The maximum Gasteiger partial charge on any atom is 0.248 e. The molecule has 0 heterocycles. The van der Waals surface area contributed by atoms with Crippen molar-refractivity contribution in [2.75, 3.05) is 5.75 Å². The van der Waals surface area contributed by atoms with Crippen molar-refractivity contribution in [2.24, 2.45) is 5.41 Å². The maximum absolute atomic E-state index is 12.4. The van der Waals surface area contributed by atoms with Gasteiger partial charge in [0.1, 0.15) is 0 Å². The zero-order valence-electron chi connectivity index (χ0n) is 13.4. The molecule has 110 valence electrons. The third-order valence-corrected chi connectivity index (χ3v) is 4.67. The van der Waals surface area contributed by atoms with E-state index in [1.165, 1.54) is 11.3 Å². The largest absolute Gasteiger partial charge is 0.348 e. The fourth-order valence-electron chi connectivity index (χ4n) is 2.00. The standard InChI is InChI=1S/C16H29NOS/c1-15(2,3)11-19-13-10-8-7-9-12(13)14(18)17-16(4,5)6/h7-11H2,1-6H3,(H,17,18). The highest BCUT2D eigenvalue weighted by Gasteiger charge is 2.24. The Bertz CT molecular complexity index is 358. The van der Waals surface area contributed by atoms with Crippen molar-refractivity contribution in [3.8, 4) is 0 Å². The van der Waals surface area contributed by atoms with Crippen LogP contribution in [0.5, 0.6) is 0 Å². The summed E-state index contributed by atoms with van der Waals surface area (Å²) >= 11 is 1.89. The van der Waals surface area contributed by atoms with Crippen molar-refractivity contribution in [1.82, 2.24) is 5.32 Å². The SMILES string of the molecule is CC(C)(C)CSC1=C(C(=O)NC(C)(C)C)CCCC1. The lowest BCUT2D eigenvalue weighted by atomic mass is 9.97. The molecule has 0 fully saturated rings. The highest BCUT2D eigenvalue weighted by Crippen LogP contribution is 2.36. The molecule has 1 rings (SSSR count). The Kier molecular flexibility index (Phi) is 5.54. The minimum Gasteiger partial charge on any atom is -0.348 e. The molecule has 0 atom stereocenters. The van der Waals surface area contributed by atoms with Crippen LogP contribution in [0.25, 0.3) is 0 Å². The van der Waals surface area contributed by atoms with E-state index in [-0.39, 0.29) is 11.4 Å². The fourth-order valence-corrected chi connectivity index (χ4v) is 3.26. The van der Waals surface area contributed by atoms with E-state index in [0.717, 1.165) is 30.6 Å². The van der Waals surface area contributed by atoms with Crippen molar-refractivity contribution in [3.63, 3.8) is 0 Å². The quantitative estimate of drug-likeness (QED) is 0.825. The summed E-state index contributed by atoms with van der Waals surface area (Å²) < 4.78 is 0. The van der Waals surface area contributed by atoms with Crippen molar-refractivity contribution >= 4 is 17.7 Å². The number of hydrogen-bond acceptors (Lipinski definition) is 2. The van der Waals surface area contributed by atoms with Gasteiger partial charge in [-0.3, -0.25) is 4.79 Å². The van der Waals surface area contributed by atoms with Gasteiger partial charge in [0.05, 0.1) is 0 Å². The monoisotopic (exact) mass is 283 g/mol. The normalized spacial score (nSPS) is 17.6. The molecule has 0 saturated heterocycles. The molecule has 0 saturated carbocycles. The summed E-state index contributed by atoms with van der Waals surface area (Å²) in [4.78, 5) is 13.7.